The minimum absolute atomic E-state index is 0.0736. The van der Waals surface area contributed by atoms with Crippen molar-refractivity contribution in [1.29, 1.82) is 0 Å². The van der Waals surface area contributed by atoms with Gasteiger partial charge in [0.05, 0.1) is 16.1 Å². The van der Waals surface area contributed by atoms with Crippen molar-refractivity contribution in [3.8, 4) is 0 Å². The molecule has 2 fully saturated rings. The zero-order valence-electron chi connectivity index (χ0n) is 11.1. The van der Waals surface area contributed by atoms with Crippen molar-refractivity contribution in [2.24, 2.45) is 0 Å². The predicted octanol–water partition coefficient (Wildman–Crippen LogP) is 3.79. The predicted molar refractivity (Wildman–Crippen MR) is 79.2 cm³/mol. The van der Waals surface area contributed by atoms with Gasteiger partial charge in [0.25, 0.3) is 0 Å². The van der Waals surface area contributed by atoms with Gasteiger partial charge in [-0.25, -0.2) is 0 Å². The Morgan fingerprint density at radius 2 is 2.16 bits per heavy atom. The Morgan fingerprint density at radius 3 is 2.89 bits per heavy atom. The molecule has 1 saturated carbocycles. The fourth-order valence-corrected chi connectivity index (χ4v) is 4.18. The van der Waals surface area contributed by atoms with Crippen molar-refractivity contribution >= 4 is 23.2 Å². The van der Waals surface area contributed by atoms with E-state index >= 15 is 0 Å². The summed E-state index contributed by atoms with van der Waals surface area (Å²) >= 11 is 12.3. The second-order valence-electron chi connectivity index (χ2n) is 5.45. The zero-order valence-corrected chi connectivity index (χ0v) is 12.6. The average Bonchev–Trinajstić information content (AvgIpc) is 2.94. The third-order valence-corrected chi connectivity index (χ3v) is 5.41. The number of hydrogen-bond acceptors (Lipinski definition) is 2. The molecule has 3 rings (SSSR count). The van der Waals surface area contributed by atoms with Gasteiger partial charge >= 0.3 is 0 Å². The number of nitrogens with one attached hydrogen (secondary N) is 1. The van der Waals surface area contributed by atoms with Crippen LogP contribution in [-0.2, 0) is 10.2 Å². The van der Waals surface area contributed by atoms with Gasteiger partial charge in [0, 0.05) is 18.1 Å². The minimum Gasteiger partial charge on any atom is -0.378 e. The highest BCUT2D eigenvalue weighted by atomic mass is 35.5. The molecule has 1 saturated heterocycles. The first-order valence-electron chi connectivity index (χ1n) is 6.99. The van der Waals surface area contributed by atoms with E-state index < -0.39 is 0 Å². The number of hydrogen-bond donors (Lipinski definition) is 1. The van der Waals surface area contributed by atoms with Crippen LogP contribution in [0.25, 0.3) is 0 Å². The van der Waals surface area contributed by atoms with Crippen molar-refractivity contribution in [1.82, 2.24) is 5.32 Å². The van der Waals surface area contributed by atoms with Crippen molar-refractivity contribution in [2.45, 2.75) is 43.7 Å². The van der Waals surface area contributed by atoms with Crippen LogP contribution in [0.1, 0.15) is 31.7 Å². The number of rotatable bonds is 3. The van der Waals surface area contributed by atoms with Gasteiger partial charge in [-0.3, -0.25) is 0 Å². The molecule has 1 aromatic rings. The van der Waals surface area contributed by atoms with Crippen molar-refractivity contribution in [3.63, 3.8) is 0 Å². The Balaban J connectivity index is 2.03. The molecule has 3 atom stereocenters. The van der Waals surface area contributed by atoms with E-state index in [1.54, 1.807) is 0 Å². The number of fused-ring (bicyclic) bond motifs is 1. The van der Waals surface area contributed by atoms with E-state index in [0.29, 0.717) is 16.1 Å². The molecule has 2 aliphatic rings. The van der Waals surface area contributed by atoms with E-state index in [9.17, 15) is 0 Å². The van der Waals surface area contributed by atoms with Gasteiger partial charge in [0.15, 0.2) is 0 Å². The first kappa shape index (κ1) is 13.7. The lowest BCUT2D eigenvalue weighted by Gasteiger charge is -2.35. The van der Waals surface area contributed by atoms with E-state index in [1.807, 2.05) is 12.1 Å². The summed E-state index contributed by atoms with van der Waals surface area (Å²) in [6.45, 7) is 3.88. The molecular formula is C15H19Cl2NO. The molecule has 4 heteroatoms. The molecular weight excluding hydrogens is 281 g/mol. The molecule has 1 aliphatic heterocycles. The van der Waals surface area contributed by atoms with Crippen LogP contribution >= 0.6 is 23.2 Å². The quantitative estimate of drug-likeness (QED) is 0.917. The van der Waals surface area contributed by atoms with Crippen molar-refractivity contribution < 1.29 is 4.74 Å². The lowest BCUT2D eigenvalue weighted by atomic mass is 9.74. The molecule has 0 amide bonds. The number of benzene rings is 1. The van der Waals surface area contributed by atoms with Crippen LogP contribution in [-0.4, -0.2) is 25.3 Å². The summed E-state index contributed by atoms with van der Waals surface area (Å²) < 4.78 is 6.03. The molecule has 1 aliphatic carbocycles. The van der Waals surface area contributed by atoms with Gasteiger partial charge in [0.1, 0.15) is 0 Å². The lowest BCUT2D eigenvalue weighted by molar-refractivity contribution is 0.0198. The summed E-state index contributed by atoms with van der Waals surface area (Å²) in [7, 11) is 0. The zero-order chi connectivity index (χ0) is 13.5. The van der Waals surface area contributed by atoms with Gasteiger partial charge in [-0.1, -0.05) is 29.3 Å². The maximum absolute atomic E-state index is 6.21. The average molecular weight is 300 g/mol. The SMILES string of the molecule is CCOC1CCC2NCC[C@]21c1ccc(Cl)c(Cl)c1. The molecule has 1 heterocycles. The Labute approximate surface area is 124 Å². The second kappa shape index (κ2) is 5.25. The van der Waals surface area contributed by atoms with Gasteiger partial charge in [-0.05, 0) is 50.4 Å². The molecule has 1 aromatic carbocycles. The Bertz CT molecular complexity index is 477. The molecule has 19 heavy (non-hydrogen) atoms. The van der Waals surface area contributed by atoms with Gasteiger partial charge < -0.3 is 10.1 Å². The van der Waals surface area contributed by atoms with Crippen LogP contribution in [0.4, 0.5) is 0 Å². The van der Waals surface area contributed by atoms with Crippen LogP contribution in [0.3, 0.4) is 0 Å². The summed E-state index contributed by atoms with van der Waals surface area (Å²) in [4.78, 5) is 0. The Kier molecular flexibility index (Phi) is 3.78. The van der Waals surface area contributed by atoms with E-state index in [2.05, 4.69) is 18.3 Å². The standard InChI is InChI=1S/C15H19Cl2NO/c1-2-19-14-6-5-13-15(14,7-8-18-13)10-3-4-11(16)12(17)9-10/h3-4,9,13-14,18H,2,5-8H2,1H3/t13?,14?,15-/m0/s1. The topological polar surface area (TPSA) is 21.3 Å². The van der Waals surface area contributed by atoms with Crippen LogP contribution in [0.2, 0.25) is 10.0 Å². The minimum atomic E-state index is 0.0736. The summed E-state index contributed by atoms with van der Waals surface area (Å²) in [5.74, 6) is 0. The highest BCUT2D eigenvalue weighted by Crippen LogP contribution is 2.49. The summed E-state index contributed by atoms with van der Waals surface area (Å²) in [6.07, 6.45) is 3.69. The number of halogens is 2. The normalized spacial score (nSPS) is 33.6. The molecule has 2 nitrogen and oxygen atoms in total. The highest BCUT2D eigenvalue weighted by molar-refractivity contribution is 6.42. The van der Waals surface area contributed by atoms with Crippen LogP contribution in [0, 0.1) is 0 Å². The monoisotopic (exact) mass is 299 g/mol. The van der Waals surface area contributed by atoms with E-state index in [4.69, 9.17) is 27.9 Å². The smallest absolute Gasteiger partial charge is 0.0687 e. The third-order valence-electron chi connectivity index (χ3n) is 4.67. The van der Waals surface area contributed by atoms with Gasteiger partial charge in [-0.15, -0.1) is 0 Å². The van der Waals surface area contributed by atoms with Gasteiger partial charge in [0.2, 0.25) is 0 Å². The summed E-state index contributed by atoms with van der Waals surface area (Å²) in [5.41, 5.74) is 1.34. The molecule has 0 bridgehead atoms. The summed E-state index contributed by atoms with van der Waals surface area (Å²) in [6, 6.07) is 6.55. The second-order valence-corrected chi connectivity index (χ2v) is 6.26. The third kappa shape index (κ3) is 2.09. The Hall–Kier alpha value is -0.280. The first-order chi connectivity index (χ1) is 9.18. The fraction of sp³-hybridized carbons (Fsp3) is 0.600. The molecule has 104 valence electrons. The van der Waals surface area contributed by atoms with Gasteiger partial charge in [-0.2, -0.15) is 0 Å². The maximum atomic E-state index is 6.21. The van der Waals surface area contributed by atoms with E-state index in [1.165, 1.54) is 12.0 Å². The largest absolute Gasteiger partial charge is 0.378 e. The number of ether oxygens (including phenoxy) is 1. The van der Waals surface area contributed by atoms with Crippen molar-refractivity contribution in [3.05, 3.63) is 33.8 Å². The Morgan fingerprint density at radius 1 is 1.32 bits per heavy atom. The maximum Gasteiger partial charge on any atom is 0.0687 e. The molecule has 2 unspecified atom stereocenters. The summed E-state index contributed by atoms with van der Waals surface area (Å²) in [5, 5.41) is 4.89. The van der Waals surface area contributed by atoms with Crippen LogP contribution in [0.15, 0.2) is 18.2 Å². The van der Waals surface area contributed by atoms with Crippen LogP contribution in [0.5, 0.6) is 0 Å². The first-order valence-corrected chi connectivity index (χ1v) is 7.74. The van der Waals surface area contributed by atoms with Crippen molar-refractivity contribution in [2.75, 3.05) is 13.2 Å². The molecule has 0 aromatic heterocycles. The molecule has 0 radical (unpaired) electrons. The molecule has 0 spiro atoms. The fourth-order valence-electron chi connectivity index (χ4n) is 3.88. The lowest BCUT2D eigenvalue weighted by Crippen LogP contribution is -2.43. The van der Waals surface area contributed by atoms with E-state index in [-0.39, 0.29) is 11.5 Å². The highest BCUT2D eigenvalue weighted by Gasteiger charge is 2.54. The van der Waals surface area contributed by atoms with Crippen LogP contribution < -0.4 is 5.32 Å². The molecule has 1 N–H and O–H groups in total. The van der Waals surface area contributed by atoms with E-state index in [0.717, 1.165) is 26.0 Å².